The van der Waals surface area contributed by atoms with Crippen LogP contribution >= 0.6 is 11.6 Å². The summed E-state index contributed by atoms with van der Waals surface area (Å²) in [4.78, 5) is 25.0. The Balaban J connectivity index is 1.16. The Morgan fingerprint density at radius 2 is 1.95 bits per heavy atom. The van der Waals surface area contributed by atoms with E-state index in [0.717, 1.165) is 11.9 Å². The highest BCUT2D eigenvalue weighted by Crippen LogP contribution is 2.44. The summed E-state index contributed by atoms with van der Waals surface area (Å²) >= 11 is 6.29. The van der Waals surface area contributed by atoms with Gasteiger partial charge in [0.15, 0.2) is 12.0 Å². The third-order valence-corrected chi connectivity index (χ3v) is 7.54. The SMILES string of the molecule is CC(C)(C)OC(=O)N1CC2(CN(C[C@H]3O[C@@H](n4ccc5c(Cl)ncnc54)[C@@H]4OC(C)(C)O[C@@H]43)CCO2)C1. The van der Waals surface area contributed by atoms with Crippen LogP contribution in [0.4, 0.5) is 4.79 Å². The van der Waals surface area contributed by atoms with Crippen LogP contribution in [0, 0.1) is 0 Å². The lowest BCUT2D eigenvalue weighted by Gasteiger charge is -2.53. The highest BCUT2D eigenvalue weighted by Gasteiger charge is 2.57. The number of likely N-dealkylation sites (tertiary alicyclic amines) is 1. The molecule has 4 atom stereocenters. The molecule has 2 aromatic rings. The Bertz CT molecular complexity index is 1190. The lowest BCUT2D eigenvalue weighted by molar-refractivity contribution is -0.206. The lowest BCUT2D eigenvalue weighted by Crippen LogP contribution is -2.71. The minimum absolute atomic E-state index is 0.219. The first-order chi connectivity index (χ1) is 17.4. The second kappa shape index (κ2) is 8.75. The zero-order valence-electron chi connectivity index (χ0n) is 21.8. The number of carbonyl (C=O) groups excluding carboxylic acids is 1. The number of morpholine rings is 1. The largest absolute Gasteiger partial charge is 0.444 e. The number of hydrogen-bond acceptors (Lipinski definition) is 9. The first kappa shape index (κ1) is 25.3. The maximum absolute atomic E-state index is 12.4. The molecule has 0 radical (unpaired) electrons. The van der Waals surface area contributed by atoms with Gasteiger partial charge in [0.1, 0.15) is 46.6 Å². The number of carbonyl (C=O) groups is 1. The van der Waals surface area contributed by atoms with Gasteiger partial charge in [0.2, 0.25) is 0 Å². The van der Waals surface area contributed by atoms with Gasteiger partial charge in [-0.25, -0.2) is 14.8 Å². The lowest BCUT2D eigenvalue weighted by atomic mass is 9.92. The van der Waals surface area contributed by atoms with Gasteiger partial charge in [-0.15, -0.1) is 0 Å². The van der Waals surface area contributed by atoms with Crippen LogP contribution in [0.1, 0.15) is 40.8 Å². The van der Waals surface area contributed by atoms with Crippen molar-refractivity contribution in [3.8, 4) is 0 Å². The average molecular weight is 536 g/mol. The van der Waals surface area contributed by atoms with Crippen molar-refractivity contribution in [3.05, 3.63) is 23.7 Å². The molecule has 1 spiro atoms. The molecule has 37 heavy (non-hydrogen) atoms. The van der Waals surface area contributed by atoms with Gasteiger partial charge in [0, 0.05) is 25.8 Å². The van der Waals surface area contributed by atoms with E-state index in [9.17, 15) is 4.79 Å². The fourth-order valence-electron chi connectivity index (χ4n) is 5.81. The Labute approximate surface area is 220 Å². The van der Waals surface area contributed by atoms with E-state index in [1.807, 2.05) is 51.4 Å². The summed E-state index contributed by atoms with van der Waals surface area (Å²) in [5.74, 6) is -0.723. The van der Waals surface area contributed by atoms with E-state index in [-0.39, 0.29) is 30.0 Å². The first-order valence-corrected chi connectivity index (χ1v) is 13.1. The predicted molar refractivity (Wildman–Crippen MR) is 133 cm³/mol. The zero-order chi connectivity index (χ0) is 26.2. The molecule has 6 heterocycles. The molecule has 4 aliphatic heterocycles. The topological polar surface area (TPSA) is 100 Å². The molecule has 4 aliphatic rings. The maximum atomic E-state index is 12.4. The minimum atomic E-state index is -0.723. The van der Waals surface area contributed by atoms with E-state index in [4.69, 9.17) is 35.3 Å². The van der Waals surface area contributed by atoms with E-state index < -0.39 is 17.6 Å². The normalized spacial score (nSPS) is 31.0. The predicted octanol–water partition coefficient (Wildman–Crippen LogP) is 2.82. The van der Waals surface area contributed by atoms with E-state index in [0.29, 0.717) is 43.6 Å². The molecule has 0 saturated carbocycles. The molecule has 0 bridgehead atoms. The number of amides is 1. The van der Waals surface area contributed by atoms with Crippen molar-refractivity contribution in [1.29, 1.82) is 0 Å². The van der Waals surface area contributed by atoms with Crippen molar-refractivity contribution in [2.75, 3.05) is 39.3 Å². The molecule has 0 aromatic carbocycles. The van der Waals surface area contributed by atoms with Crippen LogP contribution in [0.2, 0.25) is 5.15 Å². The summed E-state index contributed by atoms with van der Waals surface area (Å²) in [7, 11) is 0. The number of hydrogen-bond donors (Lipinski definition) is 0. The molecule has 4 fully saturated rings. The molecule has 1 amide bonds. The van der Waals surface area contributed by atoms with Crippen LogP contribution in [-0.2, 0) is 23.7 Å². The summed E-state index contributed by atoms with van der Waals surface area (Å²) in [5, 5.41) is 1.17. The van der Waals surface area contributed by atoms with Gasteiger partial charge in [-0.3, -0.25) is 4.90 Å². The van der Waals surface area contributed by atoms with Crippen LogP contribution in [0.5, 0.6) is 0 Å². The molecule has 202 valence electrons. The quantitative estimate of drug-likeness (QED) is 0.549. The van der Waals surface area contributed by atoms with Crippen molar-refractivity contribution in [2.45, 2.75) is 76.1 Å². The second-order valence-corrected chi connectivity index (χ2v) is 12.2. The van der Waals surface area contributed by atoms with Crippen molar-refractivity contribution in [2.24, 2.45) is 0 Å². The number of rotatable bonds is 3. The third kappa shape index (κ3) is 4.70. The van der Waals surface area contributed by atoms with E-state index in [1.165, 1.54) is 6.33 Å². The Kier molecular flexibility index (Phi) is 5.98. The number of aromatic nitrogens is 3. The molecule has 2 aromatic heterocycles. The summed E-state index contributed by atoms with van der Waals surface area (Å²) in [5.41, 5.74) is -0.214. The number of halogens is 1. The highest BCUT2D eigenvalue weighted by molar-refractivity contribution is 6.33. The summed E-state index contributed by atoms with van der Waals surface area (Å²) in [6.45, 7) is 13.2. The van der Waals surface area contributed by atoms with Crippen LogP contribution in [0.3, 0.4) is 0 Å². The van der Waals surface area contributed by atoms with E-state index in [2.05, 4.69) is 14.9 Å². The standard InChI is InChI=1S/C25H34ClN5O6/c1-23(2,3)37-22(32)30-12-25(13-30)11-29(8-9-33-25)10-16-17-18(36-24(4,5)35-17)21(34-16)31-7-6-15-19(26)27-14-28-20(15)31/h6-7,14,16-18,21H,8-13H2,1-5H3/t16-,17-,18-,21-/m1/s1. The molecule has 0 aliphatic carbocycles. The van der Waals surface area contributed by atoms with Crippen molar-refractivity contribution < 1.29 is 28.5 Å². The van der Waals surface area contributed by atoms with Gasteiger partial charge in [-0.2, -0.15) is 0 Å². The maximum Gasteiger partial charge on any atom is 0.410 e. The number of ether oxygens (including phenoxy) is 5. The van der Waals surface area contributed by atoms with Gasteiger partial charge < -0.3 is 33.2 Å². The highest BCUT2D eigenvalue weighted by atomic mass is 35.5. The zero-order valence-corrected chi connectivity index (χ0v) is 22.6. The third-order valence-electron chi connectivity index (χ3n) is 7.24. The second-order valence-electron chi connectivity index (χ2n) is 11.9. The molecule has 0 N–H and O–H groups in total. The molecule has 11 nitrogen and oxygen atoms in total. The Hall–Kier alpha value is -2.02. The average Bonchev–Trinajstić information content (AvgIpc) is 3.43. The molecule has 0 unspecified atom stereocenters. The Morgan fingerprint density at radius 1 is 1.19 bits per heavy atom. The minimum Gasteiger partial charge on any atom is -0.444 e. The van der Waals surface area contributed by atoms with Gasteiger partial charge in [-0.05, 0) is 40.7 Å². The molecule has 4 saturated heterocycles. The van der Waals surface area contributed by atoms with Crippen LogP contribution in [0.25, 0.3) is 11.0 Å². The van der Waals surface area contributed by atoms with Crippen molar-refractivity contribution in [1.82, 2.24) is 24.3 Å². The molecular weight excluding hydrogens is 502 g/mol. The molecule has 12 heteroatoms. The fourth-order valence-corrected chi connectivity index (χ4v) is 6.00. The number of fused-ring (bicyclic) bond motifs is 2. The summed E-state index contributed by atoms with van der Waals surface area (Å²) in [6, 6.07) is 1.89. The van der Waals surface area contributed by atoms with Crippen LogP contribution in [0.15, 0.2) is 18.6 Å². The van der Waals surface area contributed by atoms with Crippen molar-refractivity contribution in [3.63, 3.8) is 0 Å². The van der Waals surface area contributed by atoms with Crippen LogP contribution < -0.4 is 0 Å². The monoisotopic (exact) mass is 535 g/mol. The summed E-state index contributed by atoms with van der Waals surface area (Å²) < 4.78 is 32.9. The molecular formula is C25H34ClN5O6. The number of nitrogens with zero attached hydrogens (tertiary/aromatic N) is 5. The summed E-state index contributed by atoms with van der Waals surface area (Å²) in [6.07, 6.45) is 1.88. The van der Waals surface area contributed by atoms with Gasteiger partial charge >= 0.3 is 6.09 Å². The smallest absolute Gasteiger partial charge is 0.410 e. The molecule has 6 rings (SSSR count). The first-order valence-electron chi connectivity index (χ1n) is 12.7. The van der Waals surface area contributed by atoms with Gasteiger partial charge in [-0.1, -0.05) is 11.6 Å². The Morgan fingerprint density at radius 3 is 2.70 bits per heavy atom. The van der Waals surface area contributed by atoms with E-state index >= 15 is 0 Å². The van der Waals surface area contributed by atoms with E-state index in [1.54, 1.807) is 4.90 Å². The fraction of sp³-hybridized carbons (Fsp3) is 0.720. The van der Waals surface area contributed by atoms with Crippen LogP contribution in [-0.4, -0.2) is 105 Å². The van der Waals surface area contributed by atoms with Gasteiger partial charge in [0.05, 0.1) is 25.1 Å². The van der Waals surface area contributed by atoms with Gasteiger partial charge in [0.25, 0.3) is 0 Å². The van der Waals surface area contributed by atoms with Crippen molar-refractivity contribution >= 4 is 28.7 Å².